The number of benzene rings is 1. The molecule has 1 amide bonds. The van der Waals surface area contributed by atoms with Crippen LogP contribution in [0, 0.1) is 6.92 Å². The van der Waals surface area contributed by atoms with Crippen LogP contribution in [0.15, 0.2) is 53.1 Å². The number of amides is 1. The van der Waals surface area contributed by atoms with E-state index in [4.69, 9.17) is 9.47 Å². The number of nitrogens with zero attached hydrogens (tertiary/aromatic N) is 2. The van der Waals surface area contributed by atoms with Crippen LogP contribution in [0.25, 0.3) is 0 Å². The van der Waals surface area contributed by atoms with Gasteiger partial charge in [-0.15, -0.1) is 11.3 Å². The van der Waals surface area contributed by atoms with Gasteiger partial charge in [0, 0.05) is 0 Å². The molecule has 33 heavy (non-hydrogen) atoms. The number of thiazole rings is 1. The molecule has 1 aliphatic heterocycles. The van der Waals surface area contributed by atoms with Gasteiger partial charge in [0.15, 0.2) is 10.9 Å². The van der Waals surface area contributed by atoms with E-state index < -0.39 is 29.5 Å². The topological polar surface area (TPSA) is 106 Å². The van der Waals surface area contributed by atoms with E-state index in [2.05, 4.69) is 4.98 Å². The van der Waals surface area contributed by atoms with E-state index in [1.165, 1.54) is 23.3 Å². The number of aryl methyl sites for hydroxylation is 1. The molecule has 0 unspecified atom stereocenters. The van der Waals surface area contributed by atoms with Crippen LogP contribution in [0.1, 0.15) is 43.6 Å². The number of aromatic nitrogens is 1. The second-order valence-corrected chi connectivity index (χ2v) is 8.98. The van der Waals surface area contributed by atoms with E-state index >= 15 is 0 Å². The molecule has 1 aliphatic rings. The third kappa shape index (κ3) is 4.03. The molecule has 10 heteroatoms. The van der Waals surface area contributed by atoms with E-state index in [1.807, 2.05) is 6.92 Å². The van der Waals surface area contributed by atoms with Gasteiger partial charge in [-0.1, -0.05) is 29.5 Å². The molecule has 0 saturated heterocycles. The predicted molar refractivity (Wildman–Crippen MR) is 124 cm³/mol. The van der Waals surface area contributed by atoms with Gasteiger partial charge in [0.2, 0.25) is 5.78 Å². The quantitative estimate of drug-likeness (QED) is 0.389. The number of aliphatic hydroxyl groups excluding tert-OH is 1. The van der Waals surface area contributed by atoms with Crippen LogP contribution in [0.4, 0.5) is 5.13 Å². The number of carbonyl (C=O) groups excluding carboxylic acids is 3. The maximum absolute atomic E-state index is 13.3. The summed E-state index contributed by atoms with van der Waals surface area (Å²) in [5.74, 6) is -1.79. The van der Waals surface area contributed by atoms with Crippen LogP contribution >= 0.6 is 22.7 Å². The first-order valence-electron chi connectivity index (χ1n) is 10.0. The zero-order valence-corrected chi connectivity index (χ0v) is 19.7. The first-order chi connectivity index (χ1) is 15.9. The molecule has 2 aromatic heterocycles. The maximum Gasteiger partial charge on any atom is 0.350 e. The molecule has 1 aromatic carbocycles. The van der Waals surface area contributed by atoms with Crippen LogP contribution in [0.5, 0.6) is 5.75 Å². The van der Waals surface area contributed by atoms with Gasteiger partial charge in [-0.05, 0) is 43.0 Å². The summed E-state index contributed by atoms with van der Waals surface area (Å²) in [6.45, 7) is 3.99. The first kappa shape index (κ1) is 22.7. The Morgan fingerprint density at radius 3 is 2.55 bits per heavy atom. The average molecular weight is 485 g/mol. The molecule has 0 bridgehead atoms. The third-order valence-electron chi connectivity index (χ3n) is 5.07. The third-order valence-corrected chi connectivity index (χ3v) is 7.07. The number of hydrogen-bond acceptors (Lipinski definition) is 9. The van der Waals surface area contributed by atoms with Crippen LogP contribution in [0.3, 0.4) is 0 Å². The van der Waals surface area contributed by atoms with Gasteiger partial charge in [-0.3, -0.25) is 14.5 Å². The lowest BCUT2D eigenvalue weighted by atomic mass is 9.95. The van der Waals surface area contributed by atoms with Crippen molar-refractivity contribution in [2.45, 2.75) is 19.9 Å². The summed E-state index contributed by atoms with van der Waals surface area (Å²) in [7, 11) is 1.26. The largest absolute Gasteiger partial charge is 0.503 e. The fourth-order valence-electron chi connectivity index (χ4n) is 3.57. The molecule has 0 radical (unpaired) electrons. The summed E-state index contributed by atoms with van der Waals surface area (Å²) >= 11 is 2.18. The fraction of sp³-hybridized carbons (Fsp3) is 0.217. The standard InChI is InChI=1S/C23H20N2O6S2/c1-4-31-14-9-7-13(8-10-14)17-16(18(26)15-6-5-11-32-15)19(27)21(28)25(17)23-24-12(2)20(33-23)22(29)30-3/h5-11,17,27H,4H2,1-3H3/t17-/m1/s1. The number of thiophene rings is 1. The van der Waals surface area contributed by atoms with Gasteiger partial charge in [-0.25, -0.2) is 9.78 Å². The molecule has 0 fully saturated rings. The number of carbonyl (C=O) groups is 3. The molecule has 1 N–H and O–H groups in total. The molecule has 0 spiro atoms. The molecule has 4 rings (SSSR count). The lowest BCUT2D eigenvalue weighted by Gasteiger charge is -2.24. The number of rotatable bonds is 7. The molecular weight excluding hydrogens is 464 g/mol. The zero-order valence-electron chi connectivity index (χ0n) is 18.0. The minimum absolute atomic E-state index is 0.0425. The summed E-state index contributed by atoms with van der Waals surface area (Å²) in [6.07, 6.45) is 0. The Balaban J connectivity index is 1.84. The summed E-state index contributed by atoms with van der Waals surface area (Å²) in [5, 5.41) is 12.7. The highest BCUT2D eigenvalue weighted by Crippen LogP contribution is 2.44. The van der Waals surface area contributed by atoms with Gasteiger partial charge >= 0.3 is 5.97 Å². The average Bonchev–Trinajstić information content (AvgIpc) is 3.53. The van der Waals surface area contributed by atoms with Gasteiger partial charge in [-0.2, -0.15) is 0 Å². The number of esters is 1. The fourth-order valence-corrected chi connectivity index (χ4v) is 5.26. The Morgan fingerprint density at radius 1 is 1.21 bits per heavy atom. The minimum Gasteiger partial charge on any atom is -0.503 e. The predicted octanol–water partition coefficient (Wildman–Crippen LogP) is 4.48. The summed E-state index contributed by atoms with van der Waals surface area (Å²) in [5.41, 5.74) is 0.930. The number of Topliss-reactive ketones (excluding diaryl/α,β-unsaturated/α-hetero) is 1. The molecule has 3 heterocycles. The Labute approximate surface area is 197 Å². The van der Waals surface area contributed by atoms with Crippen molar-refractivity contribution >= 4 is 45.5 Å². The number of ketones is 1. The second-order valence-electron chi connectivity index (χ2n) is 7.05. The van der Waals surface area contributed by atoms with Crippen molar-refractivity contribution in [2.24, 2.45) is 0 Å². The van der Waals surface area contributed by atoms with Gasteiger partial charge in [0.05, 0.1) is 35.9 Å². The van der Waals surface area contributed by atoms with E-state index in [9.17, 15) is 19.5 Å². The Bertz CT molecular complexity index is 1240. The number of methoxy groups -OCH3 is 1. The maximum atomic E-state index is 13.3. The zero-order chi connectivity index (χ0) is 23.7. The summed E-state index contributed by atoms with van der Waals surface area (Å²) < 4.78 is 10.3. The number of ether oxygens (including phenoxy) is 2. The second kappa shape index (κ2) is 9.16. The smallest absolute Gasteiger partial charge is 0.350 e. The van der Waals surface area contributed by atoms with E-state index in [0.717, 1.165) is 11.3 Å². The van der Waals surface area contributed by atoms with E-state index in [-0.39, 0.29) is 15.6 Å². The van der Waals surface area contributed by atoms with Crippen molar-refractivity contribution in [1.29, 1.82) is 0 Å². The first-order valence-corrected chi connectivity index (χ1v) is 11.7. The molecular formula is C23H20N2O6S2. The normalized spacial score (nSPS) is 15.8. The van der Waals surface area contributed by atoms with Gasteiger partial charge in [0.25, 0.3) is 5.91 Å². The molecule has 1 atom stereocenters. The van der Waals surface area contributed by atoms with Crippen molar-refractivity contribution in [3.05, 3.63) is 74.1 Å². The number of hydrogen-bond donors (Lipinski definition) is 1. The number of aliphatic hydroxyl groups is 1. The number of anilines is 1. The van der Waals surface area contributed by atoms with Crippen molar-refractivity contribution < 1.29 is 29.0 Å². The van der Waals surface area contributed by atoms with Crippen molar-refractivity contribution in [1.82, 2.24) is 4.98 Å². The molecule has 3 aromatic rings. The van der Waals surface area contributed by atoms with Crippen molar-refractivity contribution in [3.63, 3.8) is 0 Å². The minimum atomic E-state index is -0.932. The van der Waals surface area contributed by atoms with Crippen LogP contribution in [-0.2, 0) is 9.53 Å². The molecule has 170 valence electrons. The lowest BCUT2D eigenvalue weighted by Crippen LogP contribution is -2.31. The SMILES string of the molecule is CCOc1ccc([C@@H]2C(C(=O)c3cccs3)=C(O)C(=O)N2c2nc(C)c(C(=O)OC)s2)cc1. The van der Waals surface area contributed by atoms with E-state index in [1.54, 1.807) is 48.7 Å². The summed E-state index contributed by atoms with van der Waals surface area (Å²) in [4.78, 5) is 44.9. The summed E-state index contributed by atoms with van der Waals surface area (Å²) in [6, 6.07) is 9.37. The van der Waals surface area contributed by atoms with Crippen molar-refractivity contribution in [3.8, 4) is 5.75 Å². The Kier molecular flexibility index (Phi) is 6.30. The monoisotopic (exact) mass is 484 g/mol. The van der Waals surface area contributed by atoms with Crippen LogP contribution < -0.4 is 9.64 Å². The highest BCUT2D eigenvalue weighted by atomic mass is 32.1. The van der Waals surface area contributed by atoms with Crippen LogP contribution in [-0.4, -0.2) is 41.5 Å². The van der Waals surface area contributed by atoms with E-state index in [0.29, 0.717) is 28.5 Å². The molecule has 0 saturated carbocycles. The Hall–Kier alpha value is -3.50. The van der Waals surface area contributed by atoms with Gasteiger partial charge in [0.1, 0.15) is 10.6 Å². The lowest BCUT2D eigenvalue weighted by molar-refractivity contribution is -0.117. The highest BCUT2D eigenvalue weighted by molar-refractivity contribution is 7.17. The molecule has 8 nitrogen and oxygen atoms in total. The van der Waals surface area contributed by atoms with Gasteiger partial charge < -0.3 is 14.6 Å². The Morgan fingerprint density at radius 2 is 1.94 bits per heavy atom. The molecule has 0 aliphatic carbocycles. The van der Waals surface area contributed by atoms with Crippen molar-refractivity contribution in [2.75, 3.05) is 18.6 Å². The van der Waals surface area contributed by atoms with Crippen LogP contribution in [0.2, 0.25) is 0 Å². The highest BCUT2D eigenvalue weighted by Gasteiger charge is 2.46.